The first-order valence-corrected chi connectivity index (χ1v) is 10.5. The summed E-state index contributed by atoms with van der Waals surface area (Å²) in [5.41, 5.74) is 1.24. The lowest BCUT2D eigenvalue weighted by Crippen LogP contribution is -2.30. The highest BCUT2D eigenvalue weighted by Gasteiger charge is 2.15. The van der Waals surface area contributed by atoms with Crippen LogP contribution in [0.2, 0.25) is 0 Å². The smallest absolute Gasteiger partial charge is 0.272 e. The second-order valence-corrected chi connectivity index (χ2v) is 7.75. The molecule has 0 saturated heterocycles. The van der Waals surface area contributed by atoms with Gasteiger partial charge >= 0.3 is 0 Å². The third kappa shape index (κ3) is 4.99. The van der Waals surface area contributed by atoms with Gasteiger partial charge in [-0.2, -0.15) is 0 Å². The van der Waals surface area contributed by atoms with E-state index in [4.69, 9.17) is 4.74 Å². The molecule has 0 fully saturated rings. The van der Waals surface area contributed by atoms with E-state index >= 15 is 0 Å². The van der Waals surface area contributed by atoms with Crippen molar-refractivity contribution in [3.8, 4) is 5.75 Å². The van der Waals surface area contributed by atoms with E-state index in [1.165, 1.54) is 11.3 Å². The number of benzene rings is 3. The van der Waals surface area contributed by atoms with Crippen LogP contribution >= 0.6 is 11.3 Å². The fourth-order valence-electron chi connectivity index (χ4n) is 3.08. The third-order valence-electron chi connectivity index (χ3n) is 4.68. The Labute approximate surface area is 184 Å². The fourth-order valence-corrected chi connectivity index (χ4v) is 3.73. The molecule has 6 heteroatoms. The molecule has 1 heterocycles. The molecule has 0 spiro atoms. The van der Waals surface area contributed by atoms with Gasteiger partial charge in [0.1, 0.15) is 11.4 Å². The van der Waals surface area contributed by atoms with Crippen LogP contribution in [0.15, 0.2) is 89.9 Å². The molecule has 5 nitrogen and oxygen atoms in total. The van der Waals surface area contributed by atoms with Crippen LogP contribution in [0.1, 0.15) is 15.2 Å². The number of rotatable bonds is 6. The zero-order valence-electron chi connectivity index (χ0n) is 16.8. The molecule has 4 rings (SSSR count). The van der Waals surface area contributed by atoms with Crippen LogP contribution in [-0.4, -0.2) is 18.9 Å². The molecule has 0 bridgehead atoms. The molecule has 2 N–H and O–H groups in total. The Bertz CT molecular complexity index is 1250. The minimum atomic E-state index is -0.398. The molecule has 0 atom stereocenters. The Hall–Kier alpha value is -3.90. The average molecular weight is 429 g/mol. The summed E-state index contributed by atoms with van der Waals surface area (Å²) in [7, 11) is 1.56. The summed E-state index contributed by atoms with van der Waals surface area (Å²) in [6.45, 7) is 0. The molecule has 0 aliphatic heterocycles. The Morgan fingerprint density at radius 2 is 1.68 bits per heavy atom. The quantitative estimate of drug-likeness (QED) is 0.409. The number of ether oxygens (including phenoxy) is 1. The lowest BCUT2D eigenvalue weighted by atomic mass is 10.1. The van der Waals surface area contributed by atoms with E-state index in [1.807, 2.05) is 60.0 Å². The number of carbonyl (C=O) groups excluding carboxylic acids is 2. The summed E-state index contributed by atoms with van der Waals surface area (Å²) in [4.78, 5) is 26.6. The van der Waals surface area contributed by atoms with Gasteiger partial charge in [-0.05, 0) is 64.7 Å². The van der Waals surface area contributed by atoms with E-state index in [9.17, 15) is 9.59 Å². The van der Waals surface area contributed by atoms with Gasteiger partial charge in [0.05, 0.1) is 7.11 Å². The molecule has 31 heavy (non-hydrogen) atoms. The van der Waals surface area contributed by atoms with E-state index in [1.54, 1.807) is 37.5 Å². The molecule has 154 valence electrons. The number of hydrogen-bond acceptors (Lipinski definition) is 4. The molecule has 0 aliphatic rings. The summed E-state index contributed by atoms with van der Waals surface area (Å²) in [5.74, 6) is -0.121. The minimum Gasteiger partial charge on any atom is -0.497 e. The van der Waals surface area contributed by atoms with Gasteiger partial charge in [-0.15, -0.1) is 11.3 Å². The minimum absolute atomic E-state index is 0.163. The number of methoxy groups -OCH3 is 1. The van der Waals surface area contributed by atoms with Gasteiger partial charge in [-0.3, -0.25) is 9.59 Å². The van der Waals surface area contributed by atoms with E-state index in [0.717, 1.165) is 15.6 Å². The highest BCUT2D eigenvalue weighted by atomic mass is 32.1. The van der Waals surface area contributed by atoms with Crippen molar-refractivity contribution < 1.29 is 14.3 Å². The second kappa shape index (κ2) is 9.28. The van der Waals surface area contributed by atoms with Gasteiger partial charge in [0.15, 0.2) is 0 Å². The number of anilines is 1. The van der Waals surface area contributed by atoms with Gasteiger partial charge in [0.2, 0.25) is 0 Å². The largest absolute Gasteiger partial charge is 0.497 e. The van der Waals surface area contributed by atoms with Crippen LogP contribution < -0.4 is 15.4 Å². The number of fused-ring (bicyclic) bond motifs is 1. The van der Waals surface area contributed by atoms with Crippen LogP contribution in [0.3, 0.4) is 0 Å². The number of nitrogens with one attached hydrogen (secondary N) is 2. The molecule has 2 amide bonds. The van der Waals surface area contributed by atoms with Crippen molar-refractivity contribution in [2.75, 3.05) is 12.4 Å². The molecular weight excluding hydrogens is 408 g/mol. The van der Waals surface area contributed by atoms with Crippen molar-refractivity contribution in [1.29, 1.82) is 0 Å². The first-order chi connectivity index (χ1) is 15.1. The zero-order valence-corrected chi connectivity index (χ0v) is 17.6. The van der Waals surface area contributed by atoms with Gasteiger partial charge in [-0.1, -0.05) is 36.4 Å². The Kier molecular flexibility index (Phi) is 6.10. The number of thiophene rings is 1. The van der Waals surface area contributed by atoms with E-state index in [0.29, 0.717) is 17.0 Å². The van der Waals surface area contributed by atoms with Crippen LogP contribution in [-0.2, 0) is 4.79 Å². The lowest BCUT2D eigenvalue weighted by molar-refractivity contribution is -0.113. The number of carbonyl (C=O) groups is 2. The Morgan fingerprint density at radius 3 is 2.39 bits per heavy atom. The first kappa shape index (κ1) is 20.4. The third-order valence-corrected chi connectivity index (χ3v) is 5.50. The van der Waals surface area contributed by atoms with Crippen molar-refractivity contribution in [2.45, 2.75) is 0 Å². The molecule has 0 aliphatic carbocycles. The summed E-state index contributed by atoms with van der Waals surface area (Å²) >= 11 is 1.48. The van der Waals surface area contributed by atoms with Crippen LogP contribution in [0.4, 0.5) is 5.69 Å². The maximum absolute atomic E-state index is 13.0. The molecular formula is C25H20N2O3S. The van der Waals surface area contributed by atoms with Gasteiger partial charge < -0.3 is 15.4 Å². The molecule has 0 unspecified atom stereocenters. The Morgan fingerprint density at radius 1 is 0.903 bits per heavy atom. The SMILES string of the molecule is COc1ccc(C(=O)N/C(=C\c2cccs2)C(=O)Nc2ccc3ccccc3c2)cc1. The van der Waals surface area contributed by atoms with Gasteiger partial charge in [0.25, 0.3) is 11.8 Å². The van der Waals surface area contributed by atoms with Crippen LogP contribution in [0.25, 0.3) is 16.8 Å². The number of amides is 2. The topological polar surface area (TPSA) is 67.4 Å². The summed E-state index contributed by atoms with van der Waals surface area (Å²) in [6, 6.07) is 24.1. The molecule has 3 aromatic carbocycles. The Balaban J connectivity index is 1.57. The lowest BCUT2D eigenvalue weighted by Gasteiger charge is -2.12. The van der Waals surface area contributed by atoms with Crippen LogP contribution in [0, 0.1) is 0 Å². The number of hydrogen-bond donors (Lipinski definition) is 2. The standard InChI is InChI=1S/C25H20N2O3S/c1-30-21-12-9-18(10-13-21)24(28)27-23(16-22-7-4-14-31-22)25(29)26-20-11-8-17-5-2-3-6-19(17)15-20/h2-16H,1H3,(H,26,29)(H,27,28)/b23-16-. The summed E-state index contributed by atoms with van der Waals surface area (Å²) in [6.07, 6.45) is 1.67. The second-order valence-electron chi connectivity index (χ2n) is 6.77. The van der Waals surface area contributed by atoms with Crippen molar-refractivity contribution in [3.05, 3.63) is 100 Å². The monoisotopic (exact) mass is 428 g/mol. The predicted molar refractivity (Wildman–Crippen MR) is 125 cm³/mol. The highest BCUT2D eigenvalue weighted by molar-refractivity contribution is 7.10. The van der Waals surface area contributed by atoms with Crippen molar-refractivity contribution in [1.82, 2.24) is 5.32 Å². The normalized spacial score (nSPS) is 11.2. The molecule has 0 saturated carbocycles. The maximum Gasteiger partial charge on any atom is 0.272 e. The van der Waals surface area contributed by atoms with E-state index < -0.39 is 5.91 Å². The van der Waals surface area contributed by atoms with Gasteiger partial charge in [0, 0.05) is 16.1 Å². The van der Waals surface area contributed by atoms with E-state index in [-0.39, 0.29) is 11.6 Å². The fraction of sp³-hybridized carbons (Fsp3) is 0.0400. The van der Waals surface area contributed by atoms with E-state index in [2.05, 4.69) is 10.6 Å². The van der Waals surface area contributed by atoms with Crippen molar-refractivity contribution in [2.24, 2.45) is 0 Å². The summed E-state index contributed by atoms with van der Waals surface area (Å²) in [5, 5.41) is 9.64. The molecule has 4 aromatic rings. The van der Waals surface area contributed by atoms with Crippen LogP contribution in [0.5, 0.6) is 5.75 Å². The van der Waals surface area contributed by atoms with Gasteiger partial charge in [-0.25, -0.2) is 0 Å². The van der Waals surface area contributed by atoms with Crippen molar-refractivity contribution >= 4 is 45.7 Å². The maximum atomic E-state index is 13.0. The average Bonchev–Trinajstić information content (AvgIpc) is 3.31. The predicted octanol–water partition coefficient (Wildman–Crippen LogP) is 5.32. The molecule has 1 aromatic heterocycles. The summed E-state index contributed by atoms with van der Waals surface area (Å²) < 4.78 is 5.13. The zero-order chi connectivity index (χ0) is 21.6. The first-order valence-electron chi connectivity index (χ1n) is 9.63. The van der Waals surface area contributed by atoms with Crippen molar-refractivity contribution in [3.63, 3.8) is 0 Å². The highest BCUT2D eigenvalue weighted by Crippen LogP contribution is 2.20. The molecule has 0 radical (unpaired) electrons.